The molecule has 0 spiro atoms. The molecule has 0 heterocycles. The van der Waals surface area contributed by atoms with Crippen LogP contribution in [0.2, 0.25) is 0 Å². The molecule has 0 saturated heterocycles. The molecule has 1 heteroatoms. The summed E-state index contributed by atoms with van der Waals surface area (Å²) in [5, 5.41) is 0. The molecule has 0 aromatic heterocycles. The molecule has 0 aromatic carbocycles. The van der Waals surface area contributed by atoms with Gasteiger partial charge in [-0.2, -0.15) is 0 Å². The quantitative estimate of drug-likeness (QED) is 0.647. The van der Waals surface area contributed by atoms with Gasteiger partial charge in [-0.3, -0.25) is 0 Å². The van der Waals surface area contributed by atoms with Gasteiger partial charge in [0.1, 0.15) is 0 Å². The third-order valence-corrected chi connectivity index (χ3v) is 3.01. The molecular formula is C14H32O. The van der Waals surface area contributed by atoms with Crippen LogP contribution < -0.4 is 0 Å². The van der Waals surface area contributed by atoms with Gasteiger partial charge < -0.3 is 4.74 Å². The third kappa shape index (κ3) is 7.84. The molecule has 0 N–H and O–H groups in total. The molecule has 0 radical (unpaired) electrons. The molecule has 0 bridgehead atoms. The molecule has 3 unspecified atom stereocenters. The van der Waals surface area contributed by atoms with Gasteiger partial charge in [0.2, 0.25) is 0 Å². The molecular weight excluding hydrogens is 184 g/mol. The summed E-state index contributed by atoms with van der Waals surface area (Å²) in [6, 6.07) is 0. The first-order valence-corrected chi connectivity index (χ1v) is 6.73. The molecule has 1 saturated carbocycles. The second kappa shape index (κ2) is 12.0. The van der Waals surface area contributed by atoms with Crippen molar-refractivity contribution in [1.82, 2.24) is 0 Å². The number of hydrogen-bond donors (Lipinski definition) is 0. The van der Waals surface area contributed by atoms with Gasteiger partial charge in [-0.05, 0) is 24.2 Å². The summed E-state index contributed by atoms with van der Waals surface area (Å²) in [4.78, 5) is 0. The molecule has 1 fully saturated rings. The number of hydrogen-bond acceptors (Lipinski definition) is 1. The Balaban J connectivity index is 0. The van der Waals surface area contributed by atoms with Crippen LogP contribution in [0.4, 0.5) is 0 Å². The monoisotopic (exact) mass is 216 g/mol. The van der Waals surface area contributed by atoms with Crippen LogP contribution in [-0.2, 0) is 4.74 Å². The molecule has 15 heavy (non-hydrogen) atoms. The smallest absolute Gasteiger partial charge is 0.0493 e. The van der Waals surface area contributed by atoms with Crippen LogP contribution in [0.3, 0.4) is 0 Å². The van der Waals surface area contributed by atoms with Gasteiger partial charge in [0, 0.05) is 13.7 Å². The highest BCUT2D eigenvalue weighted by Crippen LogP contribution is 2.33. The van der Waals surface area contributed by atoms with Crippen LogP contribution in [0.1, 0.15) is 60.8 Å². The molecule has 1 rings (SSSR count). The van der Waals surface area contributed by atoms with Gasteiger partial charge >= 0.3 is 0 Å². The van der Waals surface area contributed by atoms with Crippen molar-refractivity contribution in [2.24, 2.45) is 17.8 Å². The topological polar surface area (TPSA) is 9.23 Å². The number of methoxy groups -OCH3 is 1. The van der Waals surface area contributed by atoms with Gasteiger partial charge in [-0.25, -0.2) is 0 Å². The van der Waals surface area contributed by atoms with E-state index in [1.165, 1.54) is 19.3 Å². The lowest BCUT2D eigenvalue weighted by atomic mass is 9.76. The van der Waals surface area contributed by atoms with Crippen molar-refractivity contribution in [3.8, 4) is 0 Å². The fourth-order valence-corrected chi connectivity index (χ4v) is 2.10. The minimum absolute atomic E-state index is 0.823. The molecule has 1 aliphatic rings. The van der Waals surface area contributed by atoms with Crippen LogP contribution in [0.25, 0.3) is 0 Å². The SMILES string of the molecule is CC.CC.COCC1CC(C)CCC1C. The van der Waals surface area contributed by atoms with E-state index in [-0.39, 0.29) is 0 Å². The Morgan fingerprint density at radius 1 is 1.00 bits per heavy atom. The van der Waals surface area contributed by atoms with E-state index in [4.69, 9.17) is 4.74 Å². The highest BCUT2D eigenvalue weighted by Gasteiger charge is 2.24. The summed E-state index contributed by atoms with van der Waals surface area (Å²) in [5.74, 6) is 2.63. The largest absolute Gasteiger partial charge is 0.384 e. The number of ether oxygens (including phenoxy) is 1. The first-order chi connectivity index (χ1) is 7.24. The van der Waals surface area contributed by atoms with Crippen molar-refractivity contribution in [2.75, 3.05) is 13.7 Å². The summed E-state index contributed by atoms with van der Waals surface area (Å²) >= 11 is 0. The lowest BCUT2D eigenvalue weighted by Gasteiger charge is -2.32. The Hall–Kier alpha value is -0.0400. The molecule has 0 amide bonds. The molecule has 0 aromatic rings. The first-order valence-electron chi connectivity index (χ1n) is 6.73. The third-order valence-electron chi connectivity index (χ3n) is 3.01. The van der Waals surface area contributed by atoms with Crippen molar-refractivity contribution in [1.29, 1.82) is 0 Å². The van der Waals surface area contributed by atoms with Gasteiger partial charge in [0.25, 0.3) is 0 Å². The van der Waals surface area contributed by atoms with Crippen LogP contribution in [0.15, 0.2) is 0 Å². The van der Waals surface area contributed by atoms with Crippen molar-refractivity contribution >= 4 is 0 Å². The van der Waals surface area contributed by atoms with Crippen molar-refractivity contribution < 1.29 is 4.74 Å². The van der Waals surface area contributed by atoms with Crippen LogP contribution in [0, 0.1) is 17.8 Å². The van der Waals surface area contributed by atoms with Gasteiger partial charge in [-0.1, -0.05) is 54.4 Å². The summed E-state index contributed by atoms with van der Waals surface area (Å²) in [5.41, 5.74) is 0. The van der Waals surface area contributed by atoms with Crippen LogP contribution >= 0.6 is 0 Å². The molecule has 1 nitrogen and oxygen atoms in total. The second-order valence-corrected chi connectivity index (χ2v) is 4.11. The fourth-order valence-electron chi connectivity index (χ4n) is 2.10. The average molecular weight is 216 g/mol. The molecule has 1 aliphatic carbocycles. The maximum Gasteiger partial charge on any atom is 0.0493 e. The molecule has 3 atom stereocenters. The van der Waals surface area contributed by atoms with E-state index >= 15 is 0 Å². The van der Waals surface area contributed by atoms with Crippen molar-refractivity contribution in [3.05, 3.63) is 0 Å². The minimum atomic E-state index is 0.823. The summed E-state index contributed by atoms with van der Waals surface area (Å²) in [6.07, 6.45) is 4.19. The molecule has 0 aliphatic heterocycles. The fraction of sp³-hybridized carbons (Fsp3) is 1.00. The van der Waals surface area contributed by atoms with Crippen LogP contribution in [-0.4, -0.2) is 13.7 Å². The Morgan fingerprint density at radius 3 is 2.00 bits per heavy atom. The number of rotatable bonds is 2. The molecule has 94 valence electrons. The Bertz CT molecular complexity index is 112. The Kier molecular flexibility index (Phi) is 13.9. The van der Waals surface area contributed by atoms with E-state index in [1.807, 2.05) is 34.8 Å². The predicted molar refractivity (Wildman–Crippen MR) is 70.2 cm³/mol. The van der Waals surface area contributed by atoms with Crippen LogP contribution in [0.5, 0.6) is 0 Å². The highest BCUT2D eigenvalue weighted by molar-refractivity contribution is 4.75. The van der Waals surface area contributed by atoms with E-state index in [2.05, 4.69) is 13.8 Å². The lowest BCUT2D eigenvalue weighted by Crippen LogP contribution is -2.25. The van der Waals surface area contributed by atoms with E-state index in [0.29, 0.717) is 0 Å². The summed E-state index contributed by atoms with van der Waals surface area (Å²) in [7, 11) is 1.81. The van der Waals surface area contributed by atoms with Crippen molar-refractivity contribution in [3.63, 3.8) is 0 Å². The zero-order valence-corrected chi connectivity index (χ0v) is 12.0. The van der Waals surface area contributed by atoms with E-state index in [9.17, 15) is 0 Å². The maximum absolute atomic E-state index is 5.20. The lowest BCUT2D eigenvalue weighted by molar-refractivity contribution is 0.0842. The zero-order valence-electron chi connectivity index (χ0n) is 12.0. The Morgan fingerprint density at radius 2 is 1.53 bits per heavy atom. The van der Waals surface area contributed by atoms with E-state index < -0.39 is 0 Å². The minimum Gasteiger partial charge on any atom is -0.384 e. The van der Waals surface area contributed by atoms with Gasteiger partial charge in [0.05, 0.1) is 0 Å². The zero-order chi connectivity index (χ0) is 12.3. The maximum atomic E-state index is 5.20. The average Bonchev–Trinajstić information content (AvgIpc) is 2.29. The summed E-state index contributed by atoms with van der Waals surface area (Å²) < 4.78 is 5.20. The van der Waals surface area contributed by atoms with E-state index in [0.717, 1.165) is 24.4 Å². The highest BCUT2D eigenvalue weighted by atomic mass is 16.5. The van der Waals surface area contributed by atoms with Gasteiger partial charge in [-0.15, -0.1) is 0 Å². The summed E-state index contributed by atoms with van der Waals surface area (Å²) in [6.45, 7) is 13.7. The predicted octanol–water partition coefficient (Wildman–Crippen LogP) is 4.76. The second-order valence-electron chi connectivity index (χ2n) is 4.11. The van der Waals surface area contributed by atoms with E-state index in [1.54, 1.807) is 0 Å². The standard InChI is InChI=1S/C10H20O.2C2H6/c1-8-4-5-9(2)10(6-8)7-11-3;2*1-2/h8-10H,4-7H2,1-3H3;2*1-2H3. The Labute approximate surface area is 97.6 Å². The van der Waals surface area contributed by atoms with Gasteiger partial charge in [0.15, 0.2) is 0 Å². The first kappa shape index (κ1) is 17.4. The normalized spacial score (nSPS) is 29.4. The van der Waals surface area contributed by atoms with Crippen molar-refractivity contribution in [2.45, 2.75) is 60.8 Å².